The number of guanidine groups is 1. The fourth-order valence-corrected chi connectivity index (χ4v) is 2.03. The van der Waals surface area contributed by atoms with Crippen molar-refractivity contribution >= 4 is 24.2 Å². The van der Waals surface area contributed by atoms with E-state index in [0.29, 0.717) is 0 Å². The van der Waals surface area contributed by atoms with Gasteiger partial charge < -0.3 is 25.5 Å². The zero-order valence-electron chi connectivity index (χ0n) is 13.6. The molecule has 0 aliphatic carbocycles. The number of aliphatic hydroxyl groups is 5. The van der Waals surface area contributed by atoms with Gasteiger partial charge >= 0.3 is 0 Å². The van der Waals surface area contributed by atoms with Crippen molar-refractivity contribution in [3.05, 3.63) is 41.6 Å². The summed E-state index contributed by atoms with van der Waals surface area (Å²) >= 11 is 0. The molecule has 1 aromatic carbocycles. The lowest BCUT2D eigenvalue weighted by Gasteiger charge is -2.23. The maximum atomic E-state index is 11.8. The normalized spacial score (nSPS) is 20.6. The van der Waals surface area contributed by atoms with E-state index in [4.69, 9.17) is 5.11 Å². The Balaban J connectivity index is 1.95. The van der Waals surface area contributed by atoms with Gasteiger partial charge in [-0.15, -0.1) is 0 Å². The molecule has 0 unspecified atom stereocenters. The smallest absolute Gasteiger partial charge is 0.276 e. The van der Waals surface area contributed by atoms with Crippen LogP contribution in [-0.4, -0.2) is 74.6 Å². The molecule has 0 aromatic heterocycles. The van der Waals surface area contributed by atoms with Crippen LogP contribution in [0.1, 0.15) is 5.56 Å². The molecule has 140 valence electrons. The van der Waals surface area contributed by atoms with Crippen LogP contribution in [0.15, 0.2) is 46.1 Å². The van der Waals surface area contributed by atoms with Gasteiger partial charge in [-0.2, -0.15) is 5.10 Å². The summed E-state index contributed by atoms with van der Waals surface area (Å²) in [6, 6.07) is 9.10. The van der Waals surface area contributed by atoms with Crippen molar-refractivity contribution in [2.24, 2.45) is 10.1 Å². The molecule has 0 bridgehead atoms. The third-order valence-corrected chi connectivity index (χ3v) is 3.48. The summed E-state index contributed by atoms with van der Waals surface area (Å²) in [7, 11) is 0. The van der Waals surface area contributed by atoms with E-state index in [-0.39, 0.29) is 11.7 Å². The second-order valence-electron chi connectivity index (χ2n) is 5.47. The highest BCUT2D eigenvalue weighted by Gasteiger charge is 2.29. The highest BCUT2D eigenvalue weighted by Crippen LogP contribution is 2.11. The fourth-order valence-electron chi connectivity index (χ4n) is 2.03. The first-order chi connectivity index (χ1) is 12.4. The third-order valence-electron chi connectivity index (χ3n) is 3.48. The summed E-state index contributed by atoms with van der Waals surface area (Å²) in [6.07, 6.45) is -4.33. The molecule has 10 nitrogen and oxygen atoms in total. The van der Waals surface area contributed by atoms with Crippen molar-refractivity contribution in [1.29, 1.82) is 0 Å². The van der Waals surface area contributed by atoms with Gasteiger partial charge in [0.1, 0.15) is 30.1 Å². The van der Waals surface area contributed by atoms with Crippen molar-refractivity contribution in [1.82, 2.24) is 10.7 Å². The second kappa shape index (κ2) is 9.17. The number of nitrogens with one attached hydrogen (secondary N) is 2. The molecule has 0 radical (unpaired) electrons. The number of carbonyl (C=O) groups excluding carboxylic acids is 1. The number of benzene rings is 1. The monoisotopic (exact) mass is 364 g/mol. The minimum Gasteiger partial charge on any atom is -0.394 e. The molecular weight excluding hydrogens is 344 g/mol. The van der Waals surface area contributed by atoms with E-state index in [9.17, 15) is 25.2 Å². The van der Waals surface area contributed by atoms with Gasteiger partial charge in [-0.3, -0.25) is 10.1 Å². The van der Waals surface area contributed by atoms with Crippen LogP contribution < -0.4 is 10.7 Å². The summed E-state index contributed by atoms with van der Waals surface area (Å²) in [5, 5.41) is 52.7. The Morgan fingerprint density at radius 1 is 1.15 bits per heavy atom. The molecule has 1 amide bonds. The van der Waals surface area contributed by atoms with Gasteiger partial charge in [-0.05, 0) is 11.6 Å². The summed E-state index contributed by atoms with van der Waals surface area (Å²) in [4.78, 5) is 15.8. The number of carbonyl (C=O) groups is 1. The Morgan fingerprint density at radius 2 is 1.85 bits per heavy atom. The molecule has 1 heterocycles. The Labute approximate surface area is 148 Å². The van der Waals surface area contributed by atoms with Gasteiger partial charge in [0.25, 0.3) is 5.91 Å². The zero-order chi connectivity index (χ0) is 19.1. The van der Waals surface area contributed by atoms with Crippen LogP contribution in [0.3, 0.4) is 0 Å². The van der Waals surface area contributed by atoms with E-state index in [1.54, 1.807) is 6.08 Å². The van der Waals surface area contributed by atoms with Crippen LogP contribution in [0.2, 0.25) is 0 Å². The summed E-state index contributed by atoms with van der Waals surface area (Å²) in [5.74, 6) is -0.417. The molecule has 10 heteroatoms. The van der Waals surface area contributed by atoms with Crippen LogP contribution in [0.4, 0.5) is 0 Å². The maximum Gasteiger partial charge on any atom is 0.276 e. The summed E-state index contributed by atoms with van der Waals surface area (Å²) < 4.78 is 0. The summed E-state index contributed by atoms with van der Waals surface area (Å²) in [5.41, 5.74) is 3.33. The van der Waals surface area contributed by atoms with Gasteiger partial charge in [-0.25, -0.2) is 10.4 Å². The Bertz CT molecular complexity index is 706. The molecular formula is C16H20N4O6. The SMILES string of the molecule is O=C1NC(N/N=C/[C@H](O)[C@@H](O)[C@@H](O)[C@H](O)CO)=N/C1=C\c1ccccc1. The van der Waals surface area contributed by atoms with E-state index >= 15 is 0 Å². The Kier molecular flexibility index (Phi) is 6.95. The lowest BCUT2D eigenvalue weighted by Crippen LogP contribution is -2.46. The topological polar surface area (TPSA) is 167 Å². The highest BCUT2D eigenvalue weighted by atomic mass is 16.4. The minimum absolute atomic E-state index is 0.0195. The van der Waals surface area contributed by atoms with Crippen LogP contribution in [0.5, 0.6) is 0 Å². The van der Waals surface area contributed by atoms with E-state index in [1.807, 2.05) is 30.3 Å². The number of nitrogens with zero attached hydrogens (tertiary/aromatic N) is 2. The first-order valence-corrected chi connectivity index (χ1v) is 7.71. The first-order valence-electron chi connectivity index (χ1n) is 7.71. The van der Waals surface area contributed by atoms with Gasteiger partial charge in [0.05, 0.1) is 12.8 Å². The molecule has 7 N–H and O–H groups in total. The maximum absolute atomic E-state index is 11.8. The molecule has 2 rings (SSSR count). The first kappa shape index (κ1) is 19.7. The molecule has 0 spiro atoms. The van der Waals surface area contributed by atoms with Gasteiger partial charge in [0.2, 0.25) is 5.96 Å². The van der Waals surface area contributed by atoms with Gasteiger partial charge in [0.15, 0.2) is 0 Å². The zero-order valence-corrected chi connectivity index (χ0v) is 13.6. The molecule has 0 saturated heterocycles. The van der Waals surface area contributed by atoms with E-state index in [1.165, 1.54) is 0 Å². The molecule has 1 aliphatic heterocycles. The number of rotatable bonds is 7. The van der Waals surface area contributed by atoms with Crippen LogP contribution in [0.25, 0.3) is 6.08 Å². The number of aliphatic imine (C=N–C) groups is 1. The van der Waals surface area contributed by atoms with E-state index < -0.39 is 36.9 Å². The predicted octanol–water partition coefficient (Wildman–Crippen LogP) is -2.48. The number of amides is 1. The fraction of sp³-hybridized carbons (Fsp3) is 0.312. The molecule has 0 fully saturated rings. The highest BCUT2D eigenvalue weighted by molar-refractivity contribution is 6.13. The average Bonchev–Trinajstić information content (AvgIpc) is 2.99. The van der Waals surface area contributed by atoms with E-state index in [2.05, 4.69) is 20.8 Å². The molecule has 1 aliphatic rings. The van der Waals surface area contributed by atoms with Crippen LogP contribution >= 0.6 is 0 Å². The predicted molar refractivity (Wildman–Crippen MR) is 92.7 cm³/mol. The quantitative estimate of drug-likeness (QED) is 0.160. The van der Waals surface area contributed by atoms with Crippen LogP contribution in [0, 0.1) is 0 Å². The molecule has 1 aromatic rings. The molecule has 4 atom stereocenters. The van der Waals surface area contributed by atoms with Gasteiger partial charge in [-0.1, -0.05) is 30.3 Å². The molecule has 0 saturated carbocycles. The molecule has 26 heavy (non-hydrogen) atoms. The van der Waals surface area contributed by atoms with Crippen molar-refractivity contribution in [2.45, 2.75) is 24.4 Å². The standard InChI is InChI=1S/C16H20N4O6/c21-8-12(23)14(25)13(24)11(22)7-17-20-16-18-10(15(26)19-16)6-9-4-2-1-3-5-9/h1-7,11-14,21-25H,8H2,(H2,18,19,20,26)/b10-6-,17-7+/t11-,12+,13+,14-/m0/s1. The lowest BCUT2D eigenvalue weighted by molar-refractivity contribution is -0.115. The van der Waals surface area contributed by atoms with Crippen molar-refractivity contribution in [2.75, 3.05) is 6.61 Å². The van der Waals surface area contributed by atoms with Crippen molar-refractivity contribution in [3.63, 3.8) is 0 Å². The second-order valence-corrected chi connectivity index (χ2v) is 5.47. The Morgan fingerprint density at radius 3 is 2.50 bits per heavy atom. The number of aliphatic hydroxyl groups excluding tert-OH is 5. The number of hydrogen-bond donors (Lipinski definition) is 7. The van der Waals surface area contributed by atoms with Gasteiger partial charge in [0, 0.05) is 0 Å². The Hall–Kier alpha value is -2.63. The largest absolute Gasteiger partial charge is 0.394 e. The van der Waals surface area contributed by atoms with Crippen molar-refractivity contribution in [3.8, 4) is 0 Å². The third kappa shape index (κ3) is 5.18. The minimum atomic E-state index is -1.77. The van der Waals surface area contributed by atoms with Crippen LogP contribution in [-0.2, 0) is 4.79 Å². The van der Waals surface area contributed by atoms with E-state index in [0.717, 1.165) is 11.8 Å². The number of hydrazone groups is 1. The lowest BCUT2D eigenvalue weighted by atomic mass is 10.0. The number of hydrogen-bond acceptors (Lipinski definition) is 9. The average molecular weight is 364 g/mol. The van der Waals surface area contributed by atoms with Crippen molar-refractivity contribution < 1.29 is 30.3 Å². The summed E-state index contributed by atoms with van der Waals surface area (Å²) in [6.45, 7) is -0.778.